The number of hydrogen-bond donors (Lipinski definition) is 3. The van der Waals surface area contributed by atoms with Crippen molar-refractivity contribution < 1.29 is 49.1 Å². The summed E-state index contributed by atoms with van der Waals surface area (Å²) >= 11 is 0. The molecule has 11 nitrogen and oxygen atoms in total. The van der Waals surface area contributed by atoms with Gasteiger partial charge in [0.15, 0.2) is 11.5 Å². The number of benzene rings is 2. The first-order valence-electron chi connectivity index (χ1n) is 16.7. The van der Waals surface area contributed by atoms with Crippen molar-refractivity contribution in [1.82, 2.24) is 29.9 Å². The fourth-order valence-corrected chi connectivity index (χ4v) is 7.70. The Kier molecular flexibility index (Phi) is 9.40. The number of carbonyl (C=O) groups excluding carboxylic acids is 1. The minimum Gasteiger partial charge on any atom is -0.395 e. The quantitative estimate of drug-likeness (QED) is 0.125. The Balaban J connectivity index is 1.36. The summed E-state index contributed by atoms with van der Waals surface area (Å²) in [5.74, 6) is -3.50. The molecule has 3 aromatic heterocycles. The van der Waals surface area contributed by atoms with Crippen LogP contribution in [0.1, 0.15) is 58.7 Å². The van der Waals surface area contributed by atoms with Crippen molar-refractivity contribution in [3.05, 3.63) is 94.1 Å². The predicted octanol–water partition coefficient (Wildman–Crippen LogP) is 5.54. The maximum Gasteiger partial charge on any atom is 0.435 e. The fraction of sp³-hybridized carbons (Fsp3) is 0.333. The van der Waals surface area contributed by atoms with Crippen LogP contribution in [-0.4, -0.2) is 56.8 Å². The second-order valence-corrected chi connectivity index (χ2v) is 15.1. The average Bonchev–Trinajstić information content (AvgIpc) is 3.63. The number of anilines is 1. The van der Waals surface area contributed by atoms with Gasteiger partial charge in [0.05, 0.1) is 30.1 Å². The first kappa shape index (κ1) is 37.8. The lowest BCUT2D eigenvalue weighted by Crippen LogP contribution is -2.35. The second-order valence-electron chi connectivity index (χ2n) is 13.4. The van der Waals surface area contributed by atoms with Gasteiger partial charge in [0, 0.05) is 47.5 Å². The lowest BCUT2D eigenvalue weighted by atomic mass is 9.93. The smallest absolute Gasteiger partial charge is 0.395 e. The first-order chi connectivity index (χ1) is 25.9. The zero-order valence-electron chi connectivity index (χ0n) is 28.8. The van der Waals surface area contributed by atoms with E-state index in [0.717, 1.165) is 18.4 Å². The molecular weight excluding hydrogens is 759 g/mol. The molecule has 1 amide bonds. The summed E-state index contributed by atoms with van der Waals surface area (Å²) in [6, 6.07) is 9.24. The lowest BCUT2D eigenvalue weighted by Gasteiger charge is -2.23. The van der Waals surface area contributed by atoms with Gasteiger partial charge < -0.3 is 10.4 Å². The van der Waals surface area contributed by atoms with Gasteiger partial charge in [-0.1, -0.05) is 18.1 Å². The number of hydrogen-bond acceptors (Lipinski definition) is 7. The number of carbonyl (C=O) groups is 1. The number of rotatable bonds is 10. The van der Waals surface area contributed by atoms with E-state index in [1.54, 1.807) is 31.3 Å². The number of aliphatic hydroxyl groups is 1. The van der Waals surface area contributed by atoms with Crippen LogP contribution in [0.15, 0.2) is 48.5 Å². The van der Waals surface area contributed by atoms with Crippen LogP contribution in [0.5, 0.6) is 0 Å². The number of nitrogens with one attached hydrogen (secondary N) is 2. The molecule has 1 saturated carbocycles. The molecule has 2 aliphatic rings. The fourth-order valence-electron chi connectivity index (χ4n) is 7.20. The van der Waals surface area contributed by atoms with Gasteiger partial charge in [-0.05, 0) is 60.6 Å². The minimum absolute atomic E-state index is 0.00218. The van der Waals surface area contributed by atoms with E-state index in [1.807, 2.05) is 0 Å². The van der Waals surface area contributed by atoms with Crippen molar-refractivity contribution in [1.29, 1.82) is 0 Å². The molecule has 3 atom stereocenters. The lowest BCUT2D eigenvalue weighted by molar-refractivity contribution is -0.142. The number of aliphatic hydroxyl groups excluding tert-OH is 1. The van der Waals surface area contributed by atoms with Crippen LogP contribution in [0.3, 0.4) is 0 Å². The number of amides is 1. The van der Waals surface area contributed by atoms with Gasteiger partial charge in [-0.25, -0.2) is 22.2 Å². The topological polar surface area (TPSA) is 144 Å². The zero-order valence-corrected chi connectivity index (χ0v) is 29.7. The van der Waals surface area contributed by atoms with Gasteiger partial charge in [0.2, 0.25) is 15.9 Å². The van der Waals surface area contributed by atoms with Crippen molar-refractivity contribution in [2.45, 2.75) is 49.9 Å². The van der Waals surface area contributed by atoms with Gasteiger partial charge in [-0.3, -0.25) is 18.9 Å². The molecule has 2 aliphatic carbocycles. The molecule has 55 heavy (non-hydrogen) atoms. The van der Waals surface area contributed by atoms with Crippen molar-refractivity contribution in [3.63, 3.8) is 0 Å². The number of sulfonamides is 1. The molecule has 5 aromatic rings. The molecule has 7 rings (SSSR count). The van der Waals surface area contributed by atoms with Crippen molar-refractivity contribution in [2.24, 2.45) is 13.0 Å². The molecule has 3 N–H and O–H groups in total. The van der Waals surface area contributed by atoms with Crippen LogP contribution < -0.4 is 10.0 Å². The van der Waals surface area contributed by atoms with Crippen LogP contribution in [0.25, 0.3) is 22.0 Å². The molecule has 0 aliphatic heterocycles. The third kappa shape index (κ3) is 7.35. The monoisotopic (exact) mass is 789 g/mol. The maximum atomic E-state index is 15.3. The number of pyridine rings is 1. The molecule has 0 bridgehead atoms. The first-order valence-corrected chi connectivity index (χ1v) is 18.6. The van der Waals surface area contributed by atoms with E-state index in [2.05, 4.69) is 37.1 Å². The Morgan fingerprint density at radius 2 is 1.82 bits per heavy atom. The van der Waals surface area contributed by atoms with E-state index < -0.39 is 81.0 Å². The number of alkyl halides is 5. The highest BCUT2D eigenvalue weighted by Gasteiger charge is 2.68. The van der Waals surface area contributed by atoms with Crippen LogP contribution >= 0.6 is 0 Å². The number of fused-ring (bicyclic) bond motifs is 4. The summed E-state index contributed by atoms with van der Waals surface area (Å²) in [5, 5.41) is 20.0. The minimum atomic E-state index is -5.07. The molecule has 0 spiro atoms. The summed E-state index contributed by atoms with van der Waals surface area (Å²) in [6.07, 6.45) is -4.55. The van der Waals surface area contributed by atoms with E-state index in [4.69, 9.17) is 0 Å². The van der Waals surface area contributed by atoms with Crippen LogP contribution in [-0.2, 0) is 46.9 Å². The SMILES string of the molecule is Cn1nc(NS(C)(=O)=O)c2cccc(-c3ccc(C#CCCO)nc3C(Cc3cc(F)cc(F)c3)NC(=O)Cn3nc(C(F)(F)F)c4c3C(F)(F)[C@@H]3C[C@H]43)c21. The predicted molar refractivity (Wildman–Crippen MR) is 184 cm³/mol. The summed E-state index contributed by atoms with van der Waals surface area (Å²) in [7, 11) is -2.22. The zero-order chi connectivity index (χ0) is 39.6. The number of para-hydroxylation sites is 1. The van der Waals surface area contributed by atoms with Crippen LogP contribution in [0, 0.1) is 29.4 Å². The molecule has 19 heteroatoms. The van der Waals surface area contributed by atoms with Gasteiger partial charge in [0.25, 0.3) is 5.92 Å². The molecule has 1 fully saturated rings. The number of halogens is 7. The number of aromatic nitrogens is 5. The van der Waals surface area contributed by atoms with Crippen molar-refractivity contribution >= 4 is 32.7 Å². The Labute approximate surface area is 308 Å². The van der Waals surface area contributed by atoms with E-state index in [9.17, 15) is 40.3 Å². The molecule has 2 aromatic carbocycles. The standard InChI is InChI=1S/C36H30F7N7O4S/c1-49-31-23(7-5-8-24(31)34(47-49)48-55(2,53)54)22-10-9-21(6-3-4-11-51)44-30(22)27(14-18-12-19(37)15-20(38)13-18)45-28(52)17-50-33-29(32(46-50)36(41,42)43)25-16-26(25)35(33,39)40/h5,7-10,12-13,15,25-27,51H,4,11,14,16-17H2,1-2H3,(H,45,52)(H,47,48)/t25-,26+,27?/m0/s1. The molecule has 0 radical (unpaired) electrons. The van der Waals surface area contributed by atoms with Gasteiger partial charge >= 0.3 is 6.18 Å². The van der Waals surface area contributed by atoms with Crippen molar-refractivity contribution in [2.75, 3.05) is 17.6 Å². The van der Waals surface area contributed by atoms with Crippen molar-refractivity contribution in [3.8, 4) is 23.0 Å². The molecule has 3 heterocycles. The maximum absolute atomic E-state index is 15.3. The van der Waals surface area contributed by atoms with E-state index in [0.29, 0.717) is 32.8 Å². The summed E-state index contributed by atoms with van der Waals surface area (Å²) in [4.78, 5) is 18.5. The summed E-state index contributed by atoms with van der Waals surface area (Å²) < 4.78 is 130. The highest BCUT2D eigenvalue weighted by Crippen LogP contribution is 2.68. The third-order valence-electron chi connectivity index (χ3n) is 9.34. The molecular formula is C36H30F7N7O4S. The highest BCUT2D eigenvalue weighted by molar-refractivity contribution is 7.92. The molecule has 288 valence electrons. The Morgan fingerprint density at radius 1 is 1.09 bits per heavy atom. The number of aryl methyl sites for hydroxylation is 1. The average molecular weight is 790 g/mol. The van der Waals surface area contributed by atoms with Crippen LogP contribution in [0.4, 0.5) is 36.6 Å². The van der Waals surface area contributed by atoms with Crippen LogP contribution in [0.2, 0.25) is 0 Å². The van der Waals surface area contributed by atoms with Gasteiger partial charge in [-0.15, -0.1) is 0 Å². The normalized spacial score (nSPS) is 17.6. The van der Waals surface area contributed by atoms with Gasteiger partial charge in [0.1, 0.15) is 29.6 Å². The second kappa shape index (κ2) is 13.7. The highest BCUT2D eigenvalue weighted by atomic mass is 32.2. The van der Waals surface area contributed by atoms with Gasteiger partial charge in [-0.2, -0.15) is 32.1 Å². The Hall–Kier alpha value is -5.48. The summed E-state index contributed by atoms with van der Waals surface area (Å²) in [5.41, 5.74) is -1.83. The largest absolute Gasteiger partial charge is 0.435 e. The van der Waals surface area contributed by atoms with E-state index in [1.165, 1.54) is 10.7 Å². The van der Waals surface area contributed by atoms with E-state index in [-0.39, 0.29) is 48.6 Å². The third-order valence-corrected chi connectivity index (χ3v) is 9.90. The molecule has 0 saturated heterocycles. The van der Waals surface area contributed by atoms with E-state index >= 15 is 8.78 Å². The Morgan fingerprint density at radius 3 is 2.49 bits per heavy atom. The Bertz CT molecular complexity index is 2520. The number of nitrogens with zero attached hydrogens (tertiary/aromatic N) is 5. The molecule has 1 unspecified atom stereocenters. The summed E-state index contributed by atoms with van der Waals surface area (Å²) in [6.45, 7) is -1.33.